The van der Waals surface area contributed by atoms with Crippen LogP contribution < -0.4 is 0 Å². The SMILES string of the molecule is c1ccc(-c2nc3ccc4ccc5ccc(-c6ccc7c(c6)C(c6ccccc6)(c6ccccc6)c6c-7ccc7ccccc67)cc5c4c3o2)cc1. The molecular weight excluding hydrogens is 631 g/mol. The zero-order chi connectivity index (χ0) is 34.2. The van der Waals surface area contributed by atoms with Gasteiger partial charge in [0.2, 0.25) is 5.89 Å². The highest BCUT2D eigenvalue weighted by Crippen LogP contribution is 2.58. The zero-order valence-electron chi connectivity index (χ0n) is 28.3. The first kappa shape index (κ1) is 29.0. The van der Waals surface area contributed by atoms with Crippen molar-refractivity contribution in [2.24, 2.45) is 0 Å². The second-order valence-electron chi connectivity index (χ2n) is 13.9. The van der Waals surface area contributed by atoms with Crippen molar-refractivity contribution < 1.29 is 4.42 Å². The van der Waals surface area contributed by atoms with Crippen LogP contribution in [-0.4, -0.2) is 4.98 Å². The molecule has 0 saturated carbocycles. The van der Waals surface area contributed by atoms with E-state index in [1.54, 1.807) is 0 Å². The third-order valence-corrected chi connectivity index (χ3v) is 11.1. The quantitative estimate of drug-likeness (QED) is 0.175. The molecular formula is C50H31NO. The molecule has 2 heteroatoms. The van der Waals surface area contributed by atoms with E-state index in [1.807, 2.05) is 30.3 Å². The van der Waals surface area contributed by atoms with Crippen LogP contribution in [0.4, 0.5) is 0 Å². The molecule has 0 saturated heterocycles. The predicted molar refractivity (Wildman–Crippen MR) is 215 cm³/mol. The molecule has 0 unspecified atom stereocenters. The predicted octanol–water partition coefficient (Wildman–Crippen LogP) is 13.0. The lowest BCUT2D eigenvalue weighted by Crippen LogP contribution is -2.28. The Balaban J connectivity index is 1.18. The lowest BCUT2D eigenvalue weighted by molar-refractivity contribution is 0.623. The lowest BCUT2D eigenvalue weighted by atomic mass is 9.66. The maximum Gasteiger partial charge on any atom is 0.227 e. The molecule has 1 aromatic heterocycles. The first-order valence-corrected chi connectivity index (χ1v) is 17.9. The Hall–Kier alpha value is -6.77. The van der Waals surface area contributed by atoms with Gasteiger partial charge in [-0.15, -0.1) is 0 Å². The fraction of sp³-hybridized carbons (Fsp3) is 0.0200. The number of hydrogen-bond acceptors (Lipinski definition) is 2. The van der Waals surface area contributed by atoms with Crippen molar-refractivity contribution in [3.05, 3.63) is 210 Å². The van der Waals surface area contributed by atoms with E-state index in [0.717, 1.165) is 32.8 Å². The summed E-state index contributed by atoms with van der Waals surface area (Å²) < 4.78 is 6.57. The van der Waals surface area contributed by atoms with E-state index in [2.05, 4.69) is 158 Å². The van der Waals surface area contributed by atoms with Crippen LogP contribution in [0.1, 0.15) is 22.3 Å². The molecule has 52 heavy (non-hydrogen) atoms. The molecule has 0 amide bonds. The van der Waals surface area contributed by atoms with Crippen LogP contribution in [-0.2, 0) is 5.41 Å². The molecule has 10 aromatic rings. The summed E-state index contributed by atoms with van der Waals surface area (Å²) in [6, 6.07) is 68.3. The highest BCUT2D eigenvalue weighted by molar-refractivity contribution is 6.18. The van der Waals surface area contributed by atoms with E-state index in [1.165, 1.54) is 60.7 Å². The normalized spacial score (nSPS) is 13.2. The molecule has 1 heterocycles. The Morgan fingerprint density at radius 3 is 1.79 bits per heavy atom. The van der Waals surface area contributed by atoms with Crippen molar-refractivity contribution in [1.82, 2.24) is 4.98 Å². The Morgan fingerprint density at radius 1 is 0.423 bits per heavy atom. The molecule has 0 spiro atoms. The molecule has 0 N–H and O–H groups in total. The van der Waals surface area contributed by atoms with Crippen LogP contribution in [0.3, 0.4) is 0 Å². The van der Waals surface area contributed by atoms with E-state index in [-0.39, 0.29) is 0 Å². The van der Waals surface area contributed by atoms with Gasteiger partial charge >= 0.3 is 0 Å². The van der Waals surface area contributed by atoms with E-state index in [9.17, 15) is 0 Å². The summed E-state index contributed by atoms with van der Waals surface area (Å²) in [5.41, 5.74) is 12.2. The van der Waals surface area contributed by atoms with Crippen LogP contribution in [0.2, 0.25) is 0 Å². The van der Waals surface area contributed by atoms with Crippen molar-refractivity contribution in [3.8, 4) is 33.7 Å². The molecule has 0 aliphatic heterocycles. The summed E-state index contributed by atoms with van der Waals surface area (Å²) in [6.45, 7) is 0. The van der Waals surface area contributed by atoms with E-state index in [4.69, 9.17) is 9.40 Å². The second-order valence-corrected chi connectivity index (χ2v) is 13.9. The molecule has 242 valence electrons. The largest absolute Gasteiger partial charge is 0.435 e. The highest BCUT2D eigenvalue weighted by Gasteiger charge is 2.47. The first-order chi connectivity index (χ1) is 25.8. The van der Waals surface area contributed by atoms with Crippen molar-refractivity contribution >= 4 is 43.4 Å². The van der Waals surface area contributed by atoms with Gasteiger partial charge in [0.15, 0.2) is 5.58 Å². The fourth-order valence-corrected chi connectivity index (χ4v) is 8.85. The summed E-state index contributed by atoms with van der Waals surface area (Å²) in [5.74, 6) is 0.639. The topological polar surface area (TPSA) is 26.0 Å². The maximum absolute atomic E-state index is 6.57. The van der Waals surface area contributed by atoms with Gasteiger partial charge < -0.3 is 4.42 Å². The van der Waals surface area contributed by atoms with Crippen LogP contribution in [0.25, 0.3) is 77.1 Å². The van der Waals surface area contributed by atoms with Gasteiger partial charge in [0.05, 0.1) is 5.41 Å². The molecule has 0 bridgehead atoms. The van der Waals surface area contributed by atoms with Gasteiger partial charge in [-0.2, -0.15) is 0 Å². The average molecular weight is 662 g/mol. The van der Waals surface area contributed by atoms with Crippen molar-refractivity contribution in [1.29, 1.82) is 0 Å². The summed E-state index contributed by atoms with van der Waals surface area (Å²) in [5, 5.41) is 7.09. The minimum absolute atomic E-state index is 0.507. The number of aromatic nitrogens is 1. The van der Waals surface area contributed by atoms with Gasteiger partial charge in [0, 0.05) is 10.9 Å². The van der Waals surface area contributed by atoms with Gasteiger partial charge in [-0.25, -0.2) is 4.98 Å². The monoisotopic (exact) mass is 661 g/mol. The fourth-order valence-electron chi connectivity index (χ4n) is 8.85. The maximum atomic E-state index is 6.57. The van der Waals surface area contributed by atoms with Crippen LogP contribution in [0.15, 0.2) is 192 Å². The molecule has 2 nitrogen and oxygen atoms in total. The minimum Gasteiger partial charge on any atom is -0.435 e. The van der Waals surface area contributed by atoms with Gasteiger partial charge in [0.25, 0.3) is 0 Å². The second kappa shape index (κ2) is 11.1. The Morgan fingerprint density at radius 2 is 1.00 bits per heavy atom. The molecule has 11 rings (SSSR count). The lowest BCUT2D eigenvalue weighted by Gasteiger charge is -2.35. The van der Waals surface area contributed by atoms with Crippen LogP contribution >= 0.6 is 0 Å². The molecule has 0 fully saturated rings. The van der Waals surface area contributed by atoms with Gasteiger partial charge in [0.1, 0.15) is 5.52 Å². The number of oxazole rings is 1. The van der Waals surface area contributed by atoms with Crippen LogP contribution in [0.5, 0.6) is 0 Å². The molecule has 9 aromatic carbocycles. The van der Waals surface area contributed by atoms with Crippen molar-refractivity contribution in [3.63, 3.8) is 0 Å². The zero-order valence-corrected chi connectivity index (χ0v) is 28.3. The smallest absolute Gasteiger partial charge is 0.227 e. The van der Waals surface area contributed by atoms with Gasteiger partial charge in [-0.05, 0) is 102 Å². The Kier molecular flexibility index (Phi) is 6.20. The summed E-state index contributed by atoms with van der Waals surface area (Å²) in [6.07, 6.45) is 0. The minimum atomic E-state index is -0.507. The third kappa shape index (κ3) is 4.09. The Labute approximate surface area is 301 Å². The van der Waals surface area contributed by atoms with Gasteiger partial charge in [-0.1, -0.05) is 158 Å². The number of benzene rings is 9. The molecule has 0 atom stereocenters. The van der Waals surface area contributed by atoms with Crippen LogP contribution in [0, 0.1) is 0 Å². The van der Waals surface area contributed by atoms with E-state index >= 15 is 0 Å². The highest BCUT2D eigenvalue weighted by atomic mass is 16.3. The van der Waals surface area contributed by atoms with Gasteiger partial charge in [-0.3, -0.25) is 0 Å². The van der Waals surface area contributed by atoms with E-state index in [0.29, 0.717) is 5.89 Å². The number of rotatable bonds is 4. The molecule has 1 aliphatic carbocycles. The summed E-state index contributed by atoms with van der Waals surface area (Å²) in [7, 11) is 0. The first-order valence-electron chi connectivity index (χ1n) is 17.9. The molecule has 1 aliphatic rings. The van der Waals surface area contributed by atoms with E-state index < -0.39 is 5.41 Å². The number of fused-ring (bicyclic) bond motifs is 10. The summed E-state index contributed by atoms with van der Waals surface area (Å²) >= 11 is 0. The standard InChI is InChI=1S/C50H31NO/c1-4-13-35(14-5-1)49-51-45-29-26-34-22-20-33-21-23-36(30-43(33)46(34)48(45)52-49)37-25-27-41-42-28-24-32-12-10-11-19-40(32)47(42)50(44(41)31-37,38-15-6-2-7-16-38)39-17-8-3-9-18-39/h1-31H. The number of hydrogen-bond donors (Lipinski definition) is 0. The molecule has 0 radical (unpaired) electrons. The van der Waals surface area contributed by atoms with Crippen molar-refractivity contribution in [2.75, 3.05) is 0 Å². The summed E-state index contributed by atoms with van der Waals surface area (Å²) in [4.78, 5) is 4.91. The average Bonchev–Trinajstić information content (AvgIpc) is 3.80. The van der Waals surface area contributed by atoms with Crippen molar-refractivity contribution in [2.45, 2.75) is 5.41 Å². The Bertz CT molecular complexity index is 2960. The third-order valence-electron chi connectivity index (χ3n) is 11.1. The number of nitrogens with zero attached hydrogens (tertiary/aromatic N) is 1.